The highest BCUT2D eigenvalue weighted by molar-refractivity contribution is 8.02. The van der Waals surface area contributed by atoms with Crippen LogP contribution in [0.25, 0.3) is 0 Å². The van der Waals surface area contributed by atoms with Gasteiger partial charge in [-0.2, -0.15) is 110 Å². The van der Waals surface area contributed by atoms with Gasteiger partial charge in [0, 0.05) is 6.42 Å². The highest BCUT2D eigenvalue weighted by Crippen LogP contribution is 2.67. The van der Waals surface area contributed by atoms with Gasteiger partial charge >= 0.3 is 77.3 Å². The molecule has 0 aromatic heterocycles. The molecule has 1 aliphatic rings. The van der Waals surface area contributed by atoms with E-state index in [0.29, 0.717) is 0 Å². The fourth-order valence-corrected chi connectivity index (χ4v) is 3.48. The van der Waals surface area contributed by atoms with Crippen LogP contribution in [-0.2, 0) is 9.53 Å². The van der Waals surface area contributed by atoms with Crippen molar-refractivity contribution in [2.24, 2.45) is 0 Å². The Morgan fingerprint density at radius 1 is 0.467 bits per heavy atom. The second-order valence-electron chi connectivity index (χ2n) is 8.39. The van der Waals surface area contributed by atoms with Crippen LogP contribution in [-0.4, -0.2) is 82.7 Å². The number of carbonyl (C=O) groups is 1. The van der Waals surface area contributed by atoms with E-state index in [1.54, 1.807) is 0 Å². The third-order valence-corrected chi connectivity index (χ3v) is 6.39. The van der Waals surface area contributed by atoms with Gasteiger partial charge in [0.2, 0.25) is 0 Å². The van der Waals surface area contributed by atoms with Crippen LogP contribution in [0.4, 0.5) is 110 Å². The third kappa shape index (κ3) is 5.12. The average Bonchev–Trinajstić information content (AvgIpc) is 3.34. The molecule has 0 amide bonds. The van der Waals surface area contributed by atoms with Gasteiger partial charge in [-0.05, 0) is 5.41 Å². The Morgan fingerprint density at radius 3 is 0.978 bits per heavy atom. The minimum atomic E-state index is -9.67. The van der Waals surface area contributed by atoms with Gasteiger partial charge in [0.15, 0.2) is 5.44 Å². The summed E-state index contributed by atoms with van der Waals surface area (Å²) in [4.78, 5) is 11.2. The molecular formula is C17H5F25O2S. The first-order valence-corrected chi connectivity index (χ1v) is 10.9. The summed E-state index contributed by atoms with van der Waals surface area (Å²) in [6.07, 6.45) is -8.04. The van der Waals surface area contributed by atoms with Crippen molar-refractivity contribution in [3.8, 4) is 0 Å². The van der Waals surface area contributed by atoms with Gasteiger partial charge in [-0.15, -0.1) is 0 Å². The molecule has 0 saturated heterocycles. The molecule has 0 aromatic rings. The predicted octanol–water partition coefficient (Wildman–Crippen LogP) is 9.06. The number of hydrogen-bond donors (Lipinski definition) is 0. The summed E-state index contributed by atoms with van der Waals surface area (Å²) in [6, 6.07) is 0. The largest absolute Gasteiger partial charge is 0.460 e. The monoisotopic (exact) mass is 748 g/mol. The van der Waals surface area contributed by atoms with Crippen LogP contribution in [0.1, 0.15) is 6.42 Å². The van der Waals surface area contributed by atoms with Crippen molar-refractivity contribution in [3.63, 3.8) is 0 Å². The number of esters is 1. The van der Waals surface area contributed by atoms with Gasteiger partial charge in [-0.1, -0.05) is 17.8 Å². The molecule has 0 bridgehead atoms. The molecule has 1 unspecified atom stereocenters. The van der Waals surface area contributed by atoms with Crippen LogP contribution in [0.3, 0.4) is 0 Å². The molecule has 1 heterocycles. The van der Waals surface area contributed by atoms with Gasteiger partial charge in [0.05, 0.1) is 0 Å². The molecule has 0 spiro atoms. The summed E-state index contributed by atoms with van der Waals surface area (Å²) in [7, 11) is 0. The molecule has 0 radical (unpaired) electrons. The standard InChI is InChI=1S/C17H5F25O2S/c18-6(19,5(43)44-4-2-1-3-45-4)7(20,21)8(22,23)9(24,25)10(26,27)11(28,29)12(30,31)13(32,33)14(34,35)15(36,37)16(38,39)17(40,41)42/h1,3-4H,2H2. The highest BCUT2D eigenvalue weighted by Gasteiger charge is 3.00. The topological polar surface area (TPSA) is 26.3 Å². The number of hydrogen-bond acceptors (Lipinski definition) is 3. The smallest absolute Gasteiger partial charge is 0.446 e. The summed E-state index contributed by atoms with van der Waals surface area (Å²) >= 11 is 0.0944. The Kier molecular flexibility index (Phi) is 9.68. The molecule has 1 atom stereocenters. The number of ether oxygens (including phenoxy) is 1. The minimum Gasteiger partial charge on any atom is -0.446 e. The molecule has 0 aromatic carbocycles. The molecular weight excluding hydrogens is 743 g/mol. The van der Waals surface area contributed by atoms with Crippen molar-refractivity contribution >= 4 is 17.7 Å². The Labute approximate surface area is 232 Å². The molecule has 2 nitrogen and oxygen atoms in total. The SMILES string of the molecule is O=C(OC1CC=CS1)C(F)(F)C(F)(F)C(F)(F)C(F)(F)C(F)(F)C(F)(F)C(F)(F)C(F)(F)C(F)(F)C(F)(F)C(F)(F)C(F)(F)F. The lowest BCUT2D eigenvalue weighted by molar-refractivity contribution is -0.481. The molecule has 0 saturated carbocycles. The summed E-state index contributed by atoms with van der Waals surface area (Å²) < 4.78 is 338. The maximum Gasteiger partial charge on any atom is 0.460 e. The van der Waals surface area contributed by atoms with Gasteiger partial charge in [-0.3, -0.25) is 0 Å². The van der Waals surface area contributed by atoms with Gasteiger partial charge in [-0.25, -0.2) is 4.79 Å². The minimum absolute atomic E-state index is 0.0944. The molecule has 28 heteroatoms. The highest BCUT2D eigenvalue weighted by atomic mass is 32.2. The zero-order valence-corrected chi connectivity index (χ0v) is 20.4. The number of rotatable bonds is 12. The lowest BCUT2D eigenvalue weighted by Crippen LogP contribution is -2.78. The van der Waals surface area contributed by atoms with Crippen LogP contribution in [0, 0.1) is 0 Å². The van der Waals surface area contributed by atoms with Crippen LogP contribution >= 0.6 is 11.8 Å². The van der Waals surface area contributed by atoms with Crippen molar-refractivity contribution in [2.75, 3.05) is 0 Å². The Balaban J connectivity index is 3.79. The van der Waals surface area contributed by atoms with E-state index in [9.17, 15) is 115 Å². The van der Waals surface area contributed by atoms with E-state index in [1.165, 1.54) is 0 Å². The van der Waals surface area contributed by atoms with Crippen molar-refractivity contribution in [2.45, 2.75) is 83.2 Å². The second kappa shape index (κ2) is 10.7. The molecule has 1 rings (SSSR count). The van der Waals surface area contributed by atoms with E-state index >= 15 is 0 Å². The Hall–Kier alpha value is -2.19. The van der Waals surface area contributed by atoms with E-state index in [0.717, 1.165) is 11.5 Å². The van der Waals surface area contributed by atoms with Crippen LogP contribution < -0.4 is 0 Å². The molecule has 0 fully saturated rings. The lowest BCUT2D eigenvalue weighted by atomic mass is 9.84. The van der Waals surface area contributed by atoms with E-state index in [1.807, 2.05) is 0 Å². The van der Waals surface area contributed by atoms with E-state index < -0.39 is 89.2 Å². The first-order chi connectivity index (χ1) is 19.2. The van der Waals surface area contributed by atoms with E-state index in [-0.39, 0.29) is 11.8 Å². The average molecular weight is 748 g/mol. The molecule has 266 valence electrons. The van der Waals surface area contributed by atoms with Gasteiger partial charge in [0.1, 0.15) is 0 Å². The van der Waals surface area contributed by atoms with Crippen molar-refractivity contribution in [1.29, 1.82) is 0 Å². The molecule has 0 aliphatic carbocycles. The van der Waals surface area contributed by atoms with Crippen molar-refractivity contribution < 1.29 is 119 Å². The third-order valence-electron chi connectivity index (χ3n) is 5.45. The summed E-state index contributed by atoms with van der Waals surface area (Å²) in [5.74, 6) is -104. The quantitative estimate of drug-likeness (QED) is 0.147. The number of carbonyl (C=O) groups excluding carboxylic acids is 1. The summed E-state index contributed by atoms with van der Waals surface area (Å²) in [5, 5.41) is 0.833. The van der Waals surface area contributed by atoms with E-state index in [4.69, 9.17) is 0 Å². The molecule has 0 N–H and O–H groups in total. The Bertz CT molecular complexity index is 1140. The first-order valence-electron chi connectivity index (χ1n) is 9.99. The maximum absolute atomic E-state index is 13.8. The van der Waals surface area contributed by atoms with Gasteiger partial charge < -0.3 is 4.74 Å². The van der Waals surface area contributed by atoms with Crippen LogP contribution in [0.5, 0.6) is 0 Å². The van der Waals surface area contributed by atoms with Crippen LogP contribution in [0.15, 0.2) is 11.5 Å². The molecule has 45 heavy (non-hydrogen) atoms. The number of halogens is 25. The zero-order valence-electron chi connectivity index (χ0n) is 19.6. The number of alkyl halides is 25. The molecule has 1 aliphatic heterocycles. The maximum atomic E-state index is 13.8. The second-order valence-corrected chi connectivity index (χ2v) is 9.46. The predicted molar refractivity (Wildman–Crippen MR) is 91.7 cm³/mol. The summed E-state index contributed by atoms with van der Waals surface area (Å²) in [5.41, 5.74) is -2.07. The lowest BCUT2D eigenvalue weighted by Gasteiger charge is -2.45. The normalized spacial score (nSPS) is 19.3. The van der Waals surface area contributed by atoms with E-state index in [2.05, 4.69) is 4.74 Å². The van der Waals surface area contributed by atoms with Gasteiger partial charge in [0.25, 0.3) is 0 Å². The number of thioether (sulfide) groups is 1. The first kappa shape index (κ1) is 40.8. The summed E-state index contributed by atoms with van der Waals surface area (Å²) in [6.45, 7) is 0. The van der Waals surface area contributed by atoms with Crippen LogP contribution in [0.2, 0.25) is 0 Å². The van der Waals surface area contributed by atoms with Crippen molar-refractivity contribution in [3.05, 3.63) is 11.5 Å². The fourth-order valence-electron chi connectivity index (χ4n) is 2.72. The zero-order chi connectivity index (χ0) is 36.7. The fraction of sp³-hybridized carbons (Fsp3) is 0.824. The van der Waals surface area contributed by atoms with Crippen molar-refractivity contribution in [1.82, 2.24) is 0 Å². The Morgan fingerprint density at radius 2 is 0.733 bits per heavy atom.